The lowest BCUT2D eigenvalue weighted by molar-refractivity contribution is -0.118. The topological polar surface area (TPSA) is 46.9 Å². The minimum atomic E-state index is 0.0649. The van der Waals surface area contributed by atoms with Crippen LogP contribution in [0.1, 0.15) is 45.1 Å². The first-order valence-corrected chi connectivity index (χ1v) is 9.14. The summed E-state index contributed by atoms with van der Waals surface area (Å²) >= 11 is 1.47. The molecule has 0 atom stereocenters. The van der Waals surface area contributed by atoms with Crippen LogP contribution in [0.5, 0.6) is 0 Å². The Morgan fingerprint density at radius 2 is 2.13 bits per heavy atom. The molecule has 0 spiro atoms. The zero-order valence-corrected chi connectivity index (χ0v) is 14.9. The van der Waals surface area contributed by atoms with E-state index in [4.69, 9.17) is 0 Å². The molecule has 1 aromatic carbocycles. The quantitative estimate of drug-likeness (QED) is 0.587. The highest BCUT2D eigenvalue weighted by Gasteiger charge is 2.12. The maximum absolute atomic E-state index is 11.9. The number of thioether (sulfide) groups is 1. The van der Waals surface area contributed by atoms with Crippen LogP contribution in [0, 0.1) is 0 Å². The van der Waals surface area contributed by atoms with E-state index in [1.54, 1.807) is 6.20 Å². The monoisotopic (exact) mass is 331 g/mol. The van der Waals surface area contributed by atoms with Crippen LogP contribution in [0.3, 0.4) is 0 Å². The molecule has 23 heavy (non-hydrogen) atoms. The standard InChI is InChI=1S/C18H25N3OS/c1-4-5-10-19-17(22)13-23-18-20-11-12-21(18)16-9-7-6-8-15(16)14(2)3/h6-9,11-12,14H,4-5,10,13H2,1-3H3,(H,19,22). The molecular weight excluding hydrogens is 306 g/mol. The molecule has 1 N–H and O–H groups in total. The van der Waals surface area contributed by atoms with Gasteiger partial charge in [-0.3, -0.25) is 9.36 Å². The fraction of sp³-hybridized carbons (Fsp3) is 0.444. The molecule has 2 aromatic rings. The number of benzene rings is 1. The molecule has 0 aliphatic rings. The SMILES string of the molecule is CCCCNC(=O)CSc1nccn1-c1ccccc1C(C)C. The summed E-state index contributed by atoms with van der Waals surface area (Å²) in [6, 6.07) is 8.34. The number of imidazole rings is 1. The minimum absolute atomic E-state index is 0.0649. The van der Waals surface area contributed by atoms with Crippen molar-refractivity contribution in [2.45, 2.75) is 44.7 Å². The number of carbonyl (C=O) groups is 1. The summed E-state index contributed by atoms with van der Waals surface area (Å²) in [5, 5.41) is 3.79. The van der Waals surface area contributed by atoms with Crippen LogP contribution in [-0.2, 0) is 4.79 Å². The number of aromatic nitrogens is 2. The molecule has 0 aliphatic carbocycles. The van der Waals surface area contributed by atoms with E-state index in [1.807, 2.05) is 12.3 Å². The fourth-order valence-electron chi connectivity index (χ4n) is 2.36. The highest BCUT2D eigenvalue weighted by atomic mass is 32.2. The Bertz CT molecular complexity index is 637. The molecule has 1 amide bonds. The van der Waals surface area contributed by atoms with Gasteiger partial charge in [0, 0.05) is 18.9 Å². The van der Waals surface area contributed by atoms with Gasteiger partial charge in [0.05, 0.1) is 11.4 Å². The number of amides is 1. The van der Waals surface area contributed by atoms with Gasteiger partial charge in [0.1, 0.15) is 0 Å². The molecular formula is C18H25N3OS. The van der Waals surface area contributed by atoms with E-state index >= 15 is 0 Å². The van der Waals surface area contributed by atoms with Crippen molar-refractivity contribution in [2.75, 3.05) is 12.3 Å². The minimum Gasteiger partial charge on any atom is -0.355 e. The molecule has 0 saturated carbocycles. The lowest BCUT2D eigenvalue weighted by Crippen LogP contribution is -2.26. The van der Waals surface area contributed by atoms with Gasteiger partial charge in [-0.1, -0.05) is 57.2 Å². The number of para-hydroxylation sites is 1. The molecule has 1 heterocycles. The van der Waals surface area contributed by atoms with Crippen LogP contribution >= 0.6 is 11.8 Å². The van der Waals surface area contributed by atoms with Gasteiger partial charge in [0.25, 0.3) is 0 Å². The number of hydrogen-bond donors (Lipinski definition) is 1. The van der Waals surface area contributed by atoms with Crippen molar-refractivity contribution in [3.8, 4) is 5.69 Å². The van der Waals surface area contributed by atoms with Crippen molar-refractivity contribution in [3.63, 3.8) is 0 Å². The van der Waals surface area contributed by atoms with Crippen molar-refractivity contribution in [2.24, 2.45) is 0 Å². The molecule has 124 valence electrons. The highest BCUT2D eigenvalue weighted by molar-refractivity contribution is 7.99. The molecule has 0 aliphatic heterocycles. The van der Waals surface area contributed by atoms with Crippen molar-refractivity contribution in [3.05, 3.63) is 42.2 Å². The van der Waals surface area contributed by atoms with E-state index in [2.05, 4.69) is 53.8 Å². The van der Waals surface area contributed by atoms with Crippen LogP contribution in [0.2, 0.25) is 0 Å². The van der Waals surface area contributed by atoms with Crippen LogP contribution < -0.4 is 5.32 Å². The number of carbonyl (C=O) groups excluding carboxylic acids is 1. The number of hydrogen-bond acceptors (Lipinski definition) is 3. The second kappa shape index (κ2) is 8.77. The Balaban J connectivity index is 2.07. The van der Waals surface area contributed by atoms with Crippen molar-refractivity contribution in [1.82, 2.24) is 14.9 Å². The van der Waals surface area contributed by atoms with Gasteiger partial charge < -0.3 is 5.32 Å². The van der Waals surface area contributed by atoms with Crippen LogP contribution in [0.15, 0.2) is 41.8 Å². The Kier molecular flexibility index (Phi) is 6.71. The molecule has 5 heteroatoms. The molecule has 0 unspecified atom stereocenters. The summed E-state index contributed by atoms with van der Waals surface area (Å²) < 4.78 is 2.07. The van der Waals surface area contributed by atoms with E-state index in [9.17, 15) is 4.79 Å². The lowest BCUT2D eigenvalue weighted by atomic mass is 10.0. The Morgan fingerprint density at radius 1 is 1.35 bits per heavy atom. The Hall–Kier alpha value is -1.75. The summed E-state index contributed by atoms with van der Waals surface area (Å²) in [4.78, 5) is 16.3. The third-order valence-corrected chi connectivity index (χ3v) is 4.58. The lowest BCUT2D eigenvalue weighted by Gasteiger charge is -2.15. The first kappa shape index (κ1) is 17.6. The van der Waals surface area contributed by atoms with Crippen molar-refractivity contribution >= 4 is 17.7 Å². The van der Waals surface area contributed by atoms with E-state index in [0.29, 0.717) is 11.7 Å². The Labute approximate surface area is 142 Å². The zero-order valence-electron chi connectivity index (χ0n) is 14.1. The first-order valence-electron chi connectivity index (χ1n) is 8.15. The summed E-state index contributed by atoms with van der Waals surface area (Å²) in [5.41, 5.74) is 2.41. The third kappa shape index (κ3) is 4.86. The average molecular weight is 331 g/mol. The van der Waals surface area contributed by atoms with Crippen molar-refractivity contribution < 1.29 is 4.79 Å². The fourth-order valence-corrected chi connectivity index (χ4v) is 3.16. The van der Waals surface area contributed by atoms with Gasteiger partial charge in [0.2, 0.25) is 5.91 Å². The smallest absolute Gasteiger partial charge is 0.230 e. The van der Waals surface area contributed by atoms with E-state index in [1.165, 1.54) is 17.3 Å². The van der Waals surface area contributed by atoms with E-state index in [-0.39, 0.29) is 5.91 Å². The van der Waals surface area contributed by atoms with Crippen LogP contribution in [0.25, 0.3) is 5.69 Å². The summed E-state index contributed by atoms with van der Waals surface area (Å²) in [6.07, 6.45) is 5.85. The zero-order chi connectivity index (χ0) is 16.7. The average Bonchev–Trinajstić information content (AvgIpc) is 3.01. The van der Waals surface area contributed by atoms with Gasteiger partial charge in [-0.05, 0) is 24.0 Å². The molecule has 0 saturated heterocycles. The first-order chi connectivity index (χ1) is 11.1. The van der Waals surface area contributed by atoms with Crippen LogP contribution in [-0.4, -0.2) is 27.8 Å². The maximum Gasteiger partial charge on any atom is 0.230 e. The van der Waals surface area contributed by atoms with Gasteiger partial charge >= 0.3 is 0 Å². The molecule has 1 aromatic heterocycles. The third-order valence-electron chi connectivity index (χ3n) is 3.61. The predicted molar refractivity (Wildman–Crippen MR) is 96.3 cm³/mol. The number of rotatable bonds is 8. The molecule has 4 nitrogen and oxygen atoms in total. The normalized spacial score (nSPS) is 11.0. The van der Waals surface area contributed by atoms with Gasteiger partial charge in [-0.25, -0.2) is 4.98 Å². The summed E-state index contributed by atoms with van der Waals surface area (Å²) in [6.45, 7) is 7.23. The second-order valence-electron chi connectivity index (χ2n) is 5.79. The van der Waals surface area contributed by atoms with Gasteiger partial charge in [0.15, 0.2) is 5.16 Å². The van der Waals surface area contributed by atoms with Gasteiger partial charge in [-0.15, -0.1) is 0 Å². The maximum atomic E-state index is 11.9. The molecule has 2 rings (SSSR count). The summed E-state index contributed by atoms with van der Waals surface area (Å²) in [7, 11) is 0. The summed E-state index contributed by atoms with van der Waals surface area (Å²) in [5.74, 6) is 0.892. The van der Waals surface area contributed by atoms with Crippen LogP contribution in [0.4, 0.5) is 0 Å². The van der Waals surface area contributed by atoms with Gasteiger partial charge in [-0.2, -0.15) is 0 Å². The number of unbranched alkanes of at least 4 members (excludes halogenated alkanes) is 1. The Morgan fingerprint density at radius 3 is 2.87 bits per heavy atom. The van der Waals surface area contributed by atoms with E-state index < -0.39 is 0 Å². The largest absolute Gasteiger partial charge is 0.355 e. The highest BCUT2D eigenvalue weighted by Crippen LogP contribution is 2.26. The number of nitrogens with one attached hydrogen (secondary N) is 1. The molecule has 0 bridgehead atoms. The van der Waals surface area contributed by atoms with Crippen molar-refractivity contribution in [1.29, 1.82) is 0 Å². The molecule has 0 radical (unpaired) electrons. The second-order valence-corrected chi connectivity index (χ2v) is 6.73. The predicted octanol–water partition coefficient (Wildman–Crippen LogP) is 4.00. The van der Waals surface area contributed by atoms with E-state index in [0.717, 1.165) is 30.2 Å². The number of nitrogens with zero attached hydrogens (tertiary/aromatic N) is 2. The molecule has 0 fully saturated rings.